The summed E-state index contributed by atoms with van der Waals surface area (Å²) in [5.74, 6) is -0.813. The zero-order valence-corrected chi connectivity index (χ0v) is 11.6. The highest BCUT2D eigenvalue weighted by Gasteiger charge is 2.37. The zero-order valence-electron chi connectivity index (χ0n) is 11.6. The lowest BCUT2D eigenvalue weighted by molar-refractivity contribution is -0.140. The molecular formula is C18H14O3. The van der Waals surface area contributed by atoms with Gasteiger partial charge in [-0.2, -0.15) is 0 Å². The summed E-state index contributed by atoms with van der Waals surface area (Å²) in [6.07, 6.45) is -0.528. The van der Waals surface area contributed by atoms with Crippen LogP contribution in [0.25, 0.3) is 5.57 Å². The summed E-state index contributed by atoms with van der Waals surface area (Å²) in [6.45, 7) is 1.40. The van der Waals surface area contributed by atoms with E-state index in [9.17, 15) is 9.59 Å². The van der Waals surface area contributed by atoms with E-state index < -0.39 is 12.1 Å². The SMILES string of the molecule is CC(=O)C1=C(c2ccccc2)[C@H](c2ccccc2)OC1=O. The van der Waals surface area contributed by atoms with Crippen molar-refractivity contribution in [1.29, 1.82) is 0 Å². The van der Waals surface area contributed by atoms with Gasteiger partial charge >= 0.3 is 5.97 Å². The fourth-order valence-electron chi connectivity index (χ4n) is 2.58. The molecule has 0 aromatic heterocycles. The molecule has 1 aliphatic heterocycles. The van der Waals surface area contributed by atoms with Gasteiger partial charge in [0.05, 0.1) is 0 Å². The molecule has 0 unspecified atom stereocenters. The van der Waals surface area contributed by atoms with Gasteiger partial charge in [-0.1, -0.05) is 60.7 Å². The minimum Gasteiger partial charge on any atom is -0.449 e. The van der Waals surface area contributed by atoms with Crippen molar-refractivity contribution in [1.82, 2.24) is 0 Å². The lowest BCUT2D eigenvalue weighted by Gasteiger charge is -2.14. The third-order valence-electron chi connectivity index (χ3n) is 3.50. The van der Waals surface area contributed by atoms with Gasteiger partial charge in [0.25, 0.3) is 0 Å². The van der Waals surface area contributed by atoms with Crippen LogP contribution in [0.3, 0.4) is 0 Å². The van der Waals surface area contributed by atoms with Crippen molar-refractivity contribution in [2.24, 2.45) is 0 Å². The molecular weight excluding hydrogens is 264 g/mol. The van der Waals surface area contributed by atoms with E-state index in [1.165, 1.54) is 6.92 Å². The van der Waals surface area contributed by atoms with Crippen molar-refractivity contribution in [3.05, 3.63) is 77.4 Å². The molecule has 0 amide bonds. The van der Waals surface area contributed by atoms with Gasteiger partial charge in [-0.25, -0.2) is 4.79 Å². The molecule has 0 fully saturated rings. The lowest BCUT2D eigenvalue weighted by atomic mass is 9.92. The van der Waals surface area contributed by atoms with Crippen molar-refractivity contribution in [2.45, 2.75) is 13.0 Å². The van der Waals surface area contributed by atoms with Crippen LogP contribution in [0.15, 0.2) is 66.2 Å². The van der Waals surface area contributed by atoms with E-state index in [0.29, 0.717) is 5.57 Å². The average Bonchev–Trinajstić information content (AvgIpc) is 2.86. The first-order valence-corrected chi connectivity index (χ1v) is 6.75. The highest BCUT2D eigenvalue weighted by Crippen LogP contribution is 2.41. The number of ketones is 1. The number of esters is 1. The smallest absolute Gasteiger partial charge is 0.343 e. The van der Waals surface area contributed by atoms with Crippen molar-refractivity contribution in [2.75, 3.05) is 0 Å². The molecule has 0 radical (unpaired) electrons. The number of carbonyl (C=O) groups excluding carboxylic acids is 2. The number of hydrogen-bond donors (Lipinski definition) is 0. The molecule has 1 heterocycles. The molecule has 3 heteroatoms. The predicted molar refractivity (Wildman–Crippen MR) is 79.3 cm³/mol. The third kappa shape index (κ3) is 2.38. The van der Waals surface area contributed by atoms with Crippen LogP contribution in [-0.2, 0) is 14.3 Å². The number of ether oxygens (including phenoxy) is 1. The average molecular weight is 278 g/mol. The number of benzene rings is 2. The van der Waals surface area contributed by atoms with Crippen LogP contribution in [0.5, 0.6) is 0 Å². The molecule has 1 atom stereocenters. The number of cyclic esters (lactones) is 1. The second-order valence-electron chi connectivity index (χ2n) is 4.91. The highest BCUT2D eigenvalue weighted by atomic mass is 16.5. The largest absolute Gasteiger partial charge is 0.449 e. The zero-order chi connectivity index (χ0) is 14.8. The Labute approximate surface area is 122 Å². The molecule has 0 saturated heterocycles. The van der Waals surface area contributed by atoms with Crippen molar-refractivity contribution in [3.63, 3.8) is 0 Å². The maximum atomic E-state index is 12.1. The molecule has 0 spiro atoms. The topological polar surface area (TPSA) is 43.4 Å². The quantitative estimate of drug-likeness (QED) is 0.639. The monoisotopic (exact) mass is 278 g/mol. The molecule has 0 N–H and O–H groups in total. The number of carbonyl (C=O) groups is 2. The van der Waals surface area contributed by atoms with E-state index in [-0.39, 0.29) is 11.4 Å². The molecule has 104 valence electrons. The summed E-state index contributed by atoms with van der Waals surface area (Å²) in [5.41, 5.74) is 2.50. The van der Waals surface area contributed by atoms with Crippen molar-refractivity contribution >= 4 is 17.3 Å². The Bertz CT molecular complexity index is 715. The van der Waals surface area contributed by atoms with Crippen LogP contribution < -0.4 is 0 Å². The van der Waals surface area contributed by atoms with Crippen LogP contribution in [0.1, 0.15) is 24.2 Å². The third-order valence-corrected chi connectivity index (χ3v) is 3.50. The minimum absolute atomic E-state index is 0.148. The molecule has 0 aliphatic carbocycles. The fourth-order valence-corrected chi connectivity index (χ4v) is 2.58. The van der Waals surface area contributed by atoms with Gasteiger partial charge in [-0.3, -0.25) is 4.79 Å². The van der Waals surface area contributed by atoms with Gasteiger partial charge in [0, 0.05) is 5.57 Å². The Kier molecular flexibility index (Phi) is 3.40. The van der Waals surface area contributed by atoms with E-state index in [4.69, 9.17) is 4.74 Å². The van der Waals surface area contributed by atoms with Crippen LogP contribution in [0.4, 0.5) is 0 Å². The van der Waals surface area contributed by atoms with E-state index in [0.717, 1.165) is 11.1 Å². The van der Waals surface area contributed by atoms with Gasteiger partial charge in [-0.05, 0) is 18.1 Å². The standard InChI is InChI=1S/C18H14O3/c1-12(19)15-16(13-8-4-2-5-9-13)17(21-18(15)20)14-10-6-3-7-11-14/h2-11,17H,1H3/t17-/m0/s1. The number of Topliss-reactive ketones (excluding diaryl/α,β-unsaturated/α-hetero) is 1. The summed E-state index contributed by atoms with van der Waals surface area (Å²) in [4.78, 5) is 23.9. The molecule has 3 rings (SSSR count). The Balaban J connectivity index is 2.19. The molecule has 0 saturated carbocycles. The number of hydrogen-bond acceptors (Lipinski definition) is 3. The maximum Gasteiger partial charge on any atom is 0.343 e. The van der Waals surface area contributed by atoms with Crippen molar-refractivity contribution in [3.8, 4) is 0 Å². The summed E-state index contributed by atoms with van der Waals surface area (Å²) in [6, 6.07) is 18.9. The van der Waals surface area contributed by atoms with E-state index in [1.54, 1.807) is 0 Å². The summed E-state index contributed by atoms with van der Waals surface area (Å²) < 4.78 is 5.45. The highest BCUT2D eigenvalue weighted by molar-refractivity contribution is 6.24. The first-order valence-electron chi connectivity index (χ1n) is 6.75. The predicted octanol–water partition coefficient (Wildman–Crippen LogP) is 3.33. The fraction of sp³-hybridized carbons (Fsp3) is 0.111. The van der Waals surface area contributed by atoms with Crippen LogP contribution >= 0.6 is 0 Å². The molecule has 21 heavy (non-hydrogen) atoms. The van der Waals surface area contributed by atoms with E-state index in [1.807, 2.05) is 60.7 Å². The van der Waals surface area contributed by atoms with E-state index >= 15 is 0 Å². The van der Waals surface area contributed by atoms with Gasteiger partial charge < -0.3 is 4.74 Å². The van der Waals surface area contributed by atoms with Gasteiger partial charge in [0.15, 0.2) is 11.9 Å². The summed E-state index contributed by atoms with van der Waals surface area (Å²) in [5, 5.41) is 0. The van der Waals surface area contributed by atoms with Crippen molar-refractivity contribution < 1.29 is 14.3 Å². The minimum atomic E-state index is -0.546. The Hall–Kier alpha value is -2.68. The Morgan fingerprint density at radius 2 is 1.52 bits per heavy atom. The van der Waals surface area contributed by atoms with Crippen LogP contribution in [0.2, 0.25) is 0 Å². The summed E-state index contributed by atoms with van der Waals surface area (Å²) in [7, 11) is 0. The first-order chi connectivity index (χ1) is 10.2. The normalized spacial score (nSPS) is 17.8. The van der Waals surface area contributed by atoms with Crippen LogP contribution in [-0.4, -0.2) is 11.8 Å². The molecule has 2 aromatic rings. The van der Waals surface area contributed by atoms with E-state index in [2.05, 4.69) is 0 Å². The Morgan fingerprint density at radius 1 is 0.952 bits per heavy atom. The number of rotatable bonds is 3. The molecule has 2 aromatic carbocycles. The van der Waals surface area contributed by atoms with Crippen LogP contribution in [0, 0.1) is 0 Å². The van der Waals surface area contributed by atoms with Gasteiger partial charge in [0.1, 0.15) is 5.57 Å². The molecule has 1 aliphatic rings. The first kappa shape index (κ1) is 13.3. The molecule has 3 nitrogen and oxygen atoms in total. The van der Waals surface area contributed by atoms with Gasteiger partial charge in [-0.15, -0.1) is 0 Å². The lowest BCUT2D eigenvalue weighted by Crippen LogP contribution is -2.07. The summed E-state index contributed by atoms with van der Waals surface area (Å²) >= 11 is 0. The second-order valence-corrected chi connectivity index (χ2v) is 4.91. The van der Waals surface area contributed by atoms with Gasteiger partial charge in [0.2, 0.25) is 0 Å². The Morgan fingerprint density at radius 3 is 2.10 bits per heavy atom. The maximum absolute atomic E-state index is 12.1. The molecule has 0 bridgehead atoms. The second kappa shape index (κ2) is 5.37.